The molecule has 0 saturated heterocycles. The maximum absolute atomic E-state index is 5.59. The molecule has 0 amide bonds. The van der Waals surface area contributed by atoms with Crippen molar-refractivity contribution in [2.75, 3.05) is 5.32 Å². The van der Waals surface area contributed by atoms with Crippen molar-refractivity contribution in [3.63, 3.8) is 0 Å². The van der Waals surface area contributed by atoms with Crippen molar-refractivity contribution in [3.8, 4) is 0 Å². The first-order valence-electron chi connectivity index (χ1n) is 4.09. The minimum atomic E-state index is 0.439. The summed E-state index contributed by atoms with van der Waals surface area (Å²) < 4.78 is 0. The smallest absolute Gasteiger partial charge is 0.147 e. The maximum Gasteiger partial charge on any atom is 0.147 e. The first kappa shape index (κ1) is 7.80. The molecule has 1 aliphatic carbocycles. The SMILES string of the molecule is Clc1cnc(NC2CCC2)cn1. The molecule has 0 aromatic carbocycles. The summed E-state index contributed by atoms with van der Waals surface area (Å²) in [6.45, 7) is 0. The average molecular weight is 184 g/mol. The molecule has 2 rings (SSSR count). The zero-order valence-electron chi connectivity index (χ0n) is 6.63. The van der Waals surface area contributed by atoms with E-state index >= 15 is 0 Å². The summed E-state index contributed by atoms with van der Waals surface area (Å²) in [6.07, 6.45) is 7.02. The Bertz CT molecular complexity index is 256. The fourth-order valence-corrected chi connectivity index (χ4v) is 1.25. The largest absolute Gasteiger partial charge is 0.366 e. The van der Waals surface area contributed by atoms with E-state index in [1.807, 2.05) is 0 Å². The summed E-state index contributed by atoms with van der Waals surface area (Å²) in [5.41, 5.74) is 0. The van der Waals surface area contributed by atoms with Crippen molar-refractivity contribution < 1.29 is 0 Å². The maximum atomic E-state index is 5.59. The van der Waals surface area contributed by atoms with E-state index in [2.05, 4.69) is 15.3 Å². The van der Waals surface area contributed by atoms with Gasteiger partial charge in [0, 0.05) is 6.04 Å². The monoisotopic (exact) mass is 183 g/mol. The molecule has 1 aliphatic rings. The van der Waals surface area contributed by atoms with Crippen LogP contribution in [0.4, 0.5) is 5.82 Å². The molecule has 1 fully saturated rings. The third-order valence-electron chi connectivity index (χ3n) is 2.08. The lowest BCUT2D eigenvalue weighted by Crippen LogP contribution is -2.27. The molecule has 1 aromatic heterocycles. The lowest BCUT2D eigenvalue weighted by atomic mass is 9.93. The van der Waals surface area contributed by atoms with Crippen LogP contribution >= 0.6 is 11.6 Å². The van der Waals surface area contributed by atoms with Crippen molar-refractivity contribution in [2.24, 2.45) is 0 Å². The van der Waals surface area contributed by atoms with Crippen LogP contribution in [0, 0.1) is 0 Å². The van der Waals surface area contributed by atoms with Gasteiger partial charge in [0.1, 0.15) is 11.0 Å². The molecule has 0 atom stereocenters. The number of halogens is 1. The molecule has 4 heteroatoms. The van der Waals surface area contributed by atoms with Gasteiger partial charge in [0.25, 0.3) is 0 Å². The molecule has 0 radical (unpaired) electrons. The van der Waals surface area contributed by atoms with Crippen LogP contribution in [0.2, 0.25) is 5.15 Å². The Hall–Kier alpha value is -0.830. The van der Waals surface area contributed by atoms with E-state index in [-0.39, 0.29) is 0 Å². The molecule has 1 heterocycles. The zero-order chi connectivity index (χ0) is 8.39. The first-order chi connectivity index (χ1) is 5.84. The van der Waals surface area contributed by atoms with Gasteiger partial charge in [0.05, 0.1) is 12.4 Å². The van der Waals surface area contributed by atoms with E-state index in [4.69, 9.17) is 11.6 Å². The molecular weight excluding hydrogens is 174 g/mol. The van der Waals surface area contributed by atoms with Gasteiger partial charge in [-0.2, -0.15) is 0 Å². The predicted octanol–water partition coefficient (Wildman–Crippen LogP) is 2.09. The van der Waals surface area contributed by atoms with Crippen LogP contribution in [0.15, 0.2) is 12.4 Å². The Balaban J connectivity index is 1.98. The lowest BCUT2D eigenvalue weighted by molar-refractivity contribution is 0.444. The number of anilines is 1. The minimum absolute atomic E-state index is 0.439. The highest BCUT2D eigenvalue weighted by molar-refractivity contribution is 6.29. The van der Waals surface area contributed by atoms with E-state index < -0.39 is 0 Å². The molecule has 3 nitrogen and oxygen atoms in total. The molecule has 0 aliphatic heterocycles. The molecule has 1 N–H and O–H groups in total. The highest BCUT2D eigenvalue weighted by Gasteiger charge is 2.16. The van der Waals surface area contributed by atoms with E-state index in [1.54, 1.807) is 12.4 Å². The van der Waals surface area contributed by atoms with Gasteiger partial charge < -0.3 is 5.32 Å². The normalized spacial score (nSPS) is 17.1. The second kappa shape index (κ2) is 3.27. The van der Waals surface area contributed by atoms with Gasteiger partial charge in [-0.25, -0.2) is 9.97 Å². The van der Waals surface area contributed by atoms with Gasteiger partial charge in [0.15, 0.2) is 0 Å². The highest BCUT2D eigenvalue weighted by Crippen LogP contribution is 2.21. The summed E-state index contributed by atoms with van der Waals surface area (Å²) in [5, 5.41) is 3.71. The zero-order valence-corrected chi connectivity index (χ0v) is 7.38. The van der Waals surface area contributed by atoms with Crippen LogP contribution in [-0.4, -0.2) is 16.0 Å². The van der Waals surface area contributed by atoms with Crippen LogP contribution in [-0.2, 0) is 0 Å². The summed E-state index contributed by atoms with van der Waals surface area (Å²) in [5.74, 6) is 0.823. The van der Waals surface area contributed by atoms with Crippen molar-refractivity contribution in [1.29, 1.82) is 0 Å². The first-order valence-corrected chi connectivity index (χ1v) is 4.46. The number of rotatable bonds is 2. The van der Waals surface area contributed by atoms with Crippen molar-refractivity contribution in [1.82, 2.24) is 9.97 Å². The Kier molecular flexibility index (Phi) is 2.13. The van der Waals surface area contributed by atoms with Gasteiger partial charge in [-0.1, -0.05) is 11.6 Å². The van der Waals surface area contributed by atoms with Gasteiger partial charge >= 0.3 is 0 Å². The molecule has 1 aromatic rings. The summed E-state index contributed by atoms with van der Waals surface area (Å²) in [7, 11) is 0. The van der Waals surface area contributed by atoms with Crippen LogP contribution in [0.1, 0.15) is 19.3 Å². The predicted molar refractivity (Wildman–Crippen MR) is 48.3 cm³/mol. The van der Waals surface area contributed by atoms with Crippen molar-refractivity contribution >= 4 is 17.4 Å². The quantitative estimate of drug-likeness (QED) is 0.763. The number of nitrogens with one attached hydrogen (secondary N) is 1. The summed E-state index contributed by atoms with van der Waals surface area (Å²) >= 11 is 5.59. The lowest BCUT2D eigenvalue weighted by Gasteiger charge is -2.26. The number of aromatic nitrogens is 2. The van der Waals surface area contributed by atoms with E-state index in [0.29, 0.717) is 11.2 Å². The van der Waals surface area contributed by atoms with E-state index in [1.165, 1.54) is 19.3 Å². The summed E-state index contributed by atoms with van der Waals surface area (Å²) in [6, 6.07) is 0.598. The summed E-state index contributed by atoms with van der Waals surface area (Å²) in [4.78, 5) is 8.03. The molecular formula is C8H10ClN3. The molecule has 12 heavy (non-hydrogen) atoms. The van der Waals surface area contributed by atoms with Gasteiger partial charge in [-0.3, -0.25) is 0 Å². The molecule has 0 spiro atoms. The Labute approximate surface area is 76.2 Å². The molecule has 0 unspecified atom stereocenters. The standard InChI is InChI=1S/C8H10ClN3/c9-7-4-11-8(5-10-7)12-6-2-1-3-6/h4-6H,1-3H2,(H,11,12). The van der Waals surface area contributed by atoms with E-state index in [0.717, 1.165) is 5.82 Å². The number of nitrogens with zero attached hydrogens (tertiary/aromatic N) is 2. The second-order valence-electron chi connectivity index (χ2n) is 3.00. The van der Waals surface area contributed by atoms with Crippen LogP contribution in [0.3, 0.4) is 0 Å². The minimum Gasteiger partial charge on any atom is -0.366 e. The Morgan fingerprint density at radius 3 is 2.67 bits per heavy atom. The van der Waals surface area contributed by atoms with Crippen molar-refractivity contribution in [2.45, 2.75) is 25.3 Å². The van der Waals surface area contributed by atoms with Gasteiger partial charge in [0.2, 0.25) is 0 Å². The molecule has 1 saturated carbocycles. The fourth-order valence-electron chi connectivity index (χ4n) is 1.15. The van der Waals surface area contributed by atoms with Gasteiger partial charge in [-0.15, -0.1) is 0 Å². The Morgan fingerprint density at radius 2 is 2.17 bits per heavy atom. The molecule has 0 bridgehead atoms. The number of hydrogen-bond donors (Lipinski definition) is 1. The van der Waals surface area contributed by atoms with Crippen LogP contribution in [0.25, 0.3) is 0 Å². The third-order valence-corrected chi connectivity index (χ3v) is 2.27. The van der Waals surface area contributed by atoms with Crippen molar-refractivity contribution in [3.05, 3.63) is 17.5 Å². The topological polar surface area (TPSA) is 37.8 Å². The van der Waals surface area contributed by atoms with Crippen LogP contribution in [0.5, 0.6) is 0 Å². The van der Waals surface area contributed by atoms with Crippen LogP contribution < -0.4 is 5.32 Å². The third kappa shape index (κ3) is 1.67. The Morgan fingerprint density at radius 1 is 1.33 bits per heavy atom. The molecule has 64 valence electrons. The average Bonchev–Trinajstić information content (AvgIpc) is 2.00. The second-order valence-corrected chi connectivity index (χ2v) is 3.38. The van der Waals surface area contributed by atoms with E-state index in [9.17, 15) is 0 Å². The number of hydrogen-bond acceptors (Lipinski definition) is 3. The fraction of sp³-hybridized carbons (Fsp3) is 0.500. The highest BCUT2D eigenvalue weighted by atomic mass is 35.5. The van der Waals surface area contributed by atoms with Gasteiger partial charge in [-0.05, 0) is 19.3 Å².